The Bertz CT molecular complexity index is 843. The Morgan fingerprint density at radius 2 is 1.96 bits per heavy atom. The van der Waals surface area contributed by atoms with Gasteiger partial charge >= 0.3 is 6.03 Å². The van der Waals surface area contributed by atoms with Crippen LogP contribution in [-0.2, 0) is 5.54 Å². The Labute approximate surface area is 142 Å². The zero-order valence-corrected chi connectivity index (χ0v) is 14.2. The van der Waals surface area contributed by atoms with Crippen LogP contribution in [0.15, 0.2) is 34.9 Å². The number of anilines is 1. The van der Waals surface area contributed by atoms with Crippen LogP contribution in [0.5, 0.6) is 0 Å². The van der Waals surface area contributed by atoms with E-state index >= 15 is 0 Å². The molecule has 8 nitrogen and oxygen atoms in total. The van der Waals surface area contributed by atoms with E-state index in [0.717, 1.165) is 17.1 Å². The van der Waals surface area contributed by atoms with Crippen molar-refractivity contribution in [2.75, 3.05) is 5.32 Å². The Morgan fingerprint density at radius 3 is 2.62 bits per heavy atom. The minimum Gasteiger partial charge on any atom is -0.340 e. The summed E-state index contributed by atoms with van der Waals surface area (Å²) in [6.07, 6.45) is 0. The zero-order valence-electron chi connectivity index (χ0n) is 13.4. The summed E-state index contributed by atoms with van der Waals surface area (Å²) in [6, 6.07) is 9.14. The summed E-state index contributed by atoms with van der Waals surface area (Å²) in [5.74, 6) is 1.42. The fourth-order valence-electron chi connectivity index (χ4n) is 2.00. The van der Waals surface area contributed by atoms with Crippen LogP contribution in [0, 0.1) is 6.92 Å². The van der Waals surface area contributed by atoms with Gasteiger partial charge in [-0.3, -0.25) is 5.32 Å². The first-order valence-corrected chi connectivity index (χ1v) is 8.00. The van der Waals surface area contributed by atoms with E-state index in [4.69, 9.17) is 4.52 Å². The average molecular weight is 344 g/mol. The van der Waals surface area contributed by atoms with Gasteiger partial charge in [0, 0.05) is 24.0 Å². The van der Waals surface area contributed by atoms with Crippen LogP contribution >= 0.6 is 11.5 Å². The highest BCUT2D eigenvalue weighted by atomic mass is 32.1. The Balaban J connectivity index is 1.66. The maximum absolute atomic E-state index is 12.2. The topological polar surface area (TPSA) is 106 Å². The van der Waals surface area contributed by atoms with E-state index < -0.39 is 11.6 Å². The maximum atomic E-state index is 12.2. The number of rotatable bonds is 4. The third-order valence-electron chi connectivity index (χ3n) is 3.19. The molecule has 1 aromatic carbocycles. The SMILES string of the molecule is Cc1nc(C(C)(C)NC(=O)Nc2nc(-c3ccccc3)ns2)no1. The Kier molecular flexibility index (Phi) is 4.26. The number of amides is 2. The van der Waals surface area contributed by atoms with Gasteiger partial charge < -0.3 is 9.84 Å². The standard InChI is InChI=1S/C15H16N6O2S/c1-9-16-12(20-23-9)15(2,3)19-13(22)18-14-17-11(21-24-14)10-7-5-4-6-8-10/h4-8H,1-3H3,(H2,17,18,19,21,22). The number of carbonyl (C=O) groups excluding carboxylic acids is 1. The molecule has 2 aromatic heterocycles. The third kappa shape index (κ3) is 3.57. The van der Waals surface area contributed by atoms with Crippen LogP contribution in [0.1, 0.15) is 25.6 Å². The van der Waals surface area contributed by atoms with Crippen molar-refractivity contribution in [1.82, 2.24) is 24.8 Å². The van der Waals surface area contributed by atoms with Crippen LogP contribution in [0.3, 0.4) is 0 Å². The quantitative estimate of drug-likeness (QED) is 0.754. The summed E-state index contributed by atoms with van der Waals surface area (Å²) < 4.78 is 9.20. The van der Waals surface area contributed by atoms with Crippen LogP contribution in [-0.4, -0.2) is 25.5 Å². The maximum Gasteiger partial charge on any atom is 0.321 e. The van der Waals surface area contributed by atoms with Crippen LogP contribution < -0.4 is 10.6 Å². The molecule has 9 heteroatoms. The lowest BCUT2D eigenvalue weighted by atomic mass is 10.1. The number of benzene rings is 1. The monoisotopic (exact) mass is 344 g/mol. The van der Waals surface area contributed by atoms with Crippen LogP contribution in [0.25, 0.3) is 11.4 Å². The Hall–Kier alpha value is -2.81. The van der Waals surface area contributed by atoms with E-state index in [9.17, 15) is 4.79 Å². The normalized spacial score (nSPS) is 11.3. The van der Waals surface area contributed by atoms with Gasteiger partial charge in [-0.25, -0.2) is 4.79 Å². The first-order chi connectivity index (χ1) is 11.4. The predicted octanol–water partition coefficient (Wildman–Crippen LogP) is 2.95. The van der Waals surface area contributed by atoms with Crippen LogP contribution in [0.4, 0.5) is 9.93 Å². The fourth-order valence-corrected chi connectivity index (χ4v) is 2.58. The van der Waals surface area contributed by atoms with Gasteiger partial charge in [0.1, 0.15) is 0 Å². The zero-order chi connectivity index (χ0) is 17.2. The molecular weight excluding hydrogens is 328 g/mol. The van der Waals surface area contributed by atoms with Crippen LogP contribution in [0.2, 0.25) is 0 Å². The molecule has 0 aliphatic carbocycles. The number of aromatic nitrogens is 4. The van der Waals surface area contributed by atoms with Gasteiger partial charge in [-0.1, -0.05) is 35.5 Å². The molecule has 2 amide bonds. The second-order valence-electron chi connectivity index (χ2n) is 5.63. The van der Waals surface area contributed by atoms with Crippen molar-refractivity contribution in [3.63, 3.8) is 0 Å². The molecule has 0 fully saturated rings. The molecule has 2 N–H and O–H groups in total. The molecule has 0 saturated heterocycles. The Morgan fingerprint density at radius 1 is 1.21 bits per heavy atom. The minimum atomic E-state index is -0.783. The van der Waals surface area contributed by atoms with Gasteiger partial charge in [-0.15, -0.1) is 0 Å². The highest BCUT2D eigenvalue weighted by molar-refractivity contribution is 7.10. The number of nitrogens with one attached hydrogen (secondary N) is 2. The molecule has 3 rings (SSSR count). The van der Waals surface area contributed by atoms with Crippen molar-refractivity contribution in [3.05, 3.63) is 42.0 Å². The molecule has 0 spiro atoms. The van der Waals surface area contributed by atoms with E-state index in [1.807, 2.05) is 30.3 Å². The molecule has 0 aliphatic rings. The molecule has 0 bridgehead atoms. The van der Waals surface area contributed by atoms with Gasteiger partial charge in [-0.05, 0) is 13.8 Å². The van der Waals surface area contributed by atoms with E-state index in [1.54, 1.807) is 20.8 Å². The molecule has 0 atom stereocenters. The molecule has 2 heterocycles. The van der Waals surface area contributed by atoms with Crippen molar-refractivity contribution in [1.29, 1.82) is 0 Å². The average Bonchev–Trinajstić information content (AvgIpc) is 3.17. The van der Waals surface area contributed by atoms with Crippen molar-refractivity contribution < 1.29 is 9.32 Å². The number of carbonyl (C=O) groups is 1. The third-order valence-corrected chi connectivity index (χ3v) is 3.82. The first-order valence-electron chi connectivity index (χ1n) is 7.23. The molecule has 0 aliphatic heterocycles. The van der Waals surface area contributed by atoms with Gasteiger partial charge in [0.15, 0.2) is 11.6 Å². The lowest BCUT2D eigenvalue weighted by Gasteiger charge is -2.21. The van der Waals surface area contributed by atoms with Crippen molar-refractivity contribution in [2.24, 2.45) is 0 Å². The smallest absolute Gasteiger partial charge is 0.321 e. The second kappa shape index (κ2) is 6.36. The fraction of sp³-hybridized carbons (Fsp3) is 0.267. The highest BCUT2D eigenvalue weighted by Crippen LogP contribution is 2.21. The number of nitrogens with zero attached hydrogens (tertiary/aromatic N) is 4. The summed E-state index contributed by atoms with van der Waals surface area (Å²) in [5, 5.41) is 9.71. The largest absolute Gasteiger partial charge is 0.340 e. The summed E-state index contributed by atoms with van der Waals surface area (Å²) in [7, 11) is 0. The second-order valence-corrected chi connectivity index (χ2v) is 6.38. The molecule has 0 unspecified atom stereocenters. The van der Waals surface area contributed by atoms with Crippen molar-refractivity contribution >= 4 is 22.7 Å². The number of urea groups is 1. The number of hydrogen-bond donors (Lipinski definition) is 2. The van der Waals surface area contributed by atoms with E-state index in [0.29, 0.717) is 22.7 Å². The summed E-state index contributed by atoms with van der Waals surface area (Å²) in [4.78, 5) is 20.6. The lowest BCUT2D eigenvalue weighted by Crippen LogP contribution is -2.44. The van der Waals surface area contributed by atoms with E-state index in [2.05, 4.69) is 30.1 Å². The summed E-state index contributed by atoms with van der Waals surface area (Å²) in [6.45, 7) is 5.26. The number of hydrogen-bond acceptors (Lipinski definition) is 7. The minimum absolute atomic E-state index is 0.400. The van der Waals surface area contributed by atoms with Gasteiger partial charge in [0.05, 0.1) is 5.54 Å². The van der Waals surface area contributed by atoms with Crippen molar-refractivity contribution in [2.45, 2.75) is 26.3 Å². The predicted molar refractivity (Wildman–Crippen MR) is 89.6 cm³/mol. The molecule has 3 aromatic rings. The highest BCUT2D eigenvalue weighted by Gasteiger charge is 2.28. The van der Waals surface area contributed by atoms with E-state index in [-0.39, 0.29) is 0 Å². The van der Waals surface area contributed by atoms with Gasteiger partial charge in [-0.2, -0.15) is 14.3 Å². The lowest BCUT2D eigenvalue weighted by molar-refractivity contribution is 0.239. The van der Waals surface area contributed by atoms with Crippen molar-refractivity contribution in [3.8, 4) is 11.4 Å². The van der Waals surface area contributed by atoms with E-state index in [1.165, 1.54) is 0 Å². The summed E-state index contributed by atoms with van der Waals surface area (Å²) in [5.41, 5.74) is 0.110. The molecular formula is C15H16N6O2S. The summed E-state index contributed by atoms with van der Waals surface area (Å²) >= 11 is 1.12. The van der Waals surface area contributed by atoms with Gasteiger partial charge in [0.2, 0.25) is 11.0 Å². The molecule has 0 saturated carbocycles. The first kappa shape index (κ1) is 16.1. The number of aryl methyl sites for hydroxylation is 1. The van der Waals surface area contributed by atoms with Gasteiger partial charge in [0.25, 0.3) is 0 Å². The molecule has 0 radical (unpaired) electrons. The molecule has 24 heavy (non-hydrogen) atoms. The molecule has 124 valence electrons.